The number of fused-ring (bicyclic) bond motifs is 2. The molecule has 196 valence electrons. The monoisotopic (exact) mass is 513 g/mol. The van der Waals surface area contributed by atoms with Crippen molar-refractivity contribution < 1.29 is 18.7 Å². The van der Waals surface area contributed by atoms with Crippen molar-refractivity contribution in [2.75, 3.05) is 9.91 Å². The van der Waals surface area contributed by atoms with Crippen molar-refractivity contribution >= 4 is 29.1 Å². The Morgan fingerprint density at radius 2 is 1.58 bits per heavy atom. The average molecular weight is 514 g/mol. The van der Waals surface area contributed by atoms with Crippen molar-refractivity contribution in [3.8, 4) is 0 Å². The summed E-state index contributed by atoms with van der Waals surface area (Å²) in [4.78, 5) is 29.5. The number of carbonyl (C=O) groups is 2. The van der Waals surface area contributed by atoms with Crippen molar-refractivity contribution in [3.63, 3.8) is 0 Å². The van der Waals surface area contributed by atoms with Crippen molar-refractivity contribution in [1.82, 2.24) is 0 Å². The second-order valence-corrected chi connectivity index (χ2v) is 11.8. The van der Waals surface area contributed by atoms with E-state index in [1.807, 2.05) is 63.2 Å². The molecule has 0 bridgehead atoms. The molecule has 7 heteroatoms. The van der Waals surface area contributed by atoms with E-state index in [9.17, 15) is 14.0 Å². The highest BCUT2D eigenvalue weighted by Gasteiger charge is 2.68. The van der Waals surface area contributed by atoms with Gasteiger partial charge in [-0.2, -0.15) is 5.10 Å². The maximum atomic E-state index is 14.8. The van der Waals surface area contributed by atoms with E-state index in [0.717, 1.165) is 4.90 Å². The van der Waals surface area contributed by atoms with Crippen LogP contribution >= 0.6 is 0 Å². The molecule has 5 rings (SSSR count). The Bertz CT molecular complexity index is 1440. The molecule has 0 fully saturated rings. The van der Waals surface area contributed by atoms with Gasteiger partial charge >= 0.3 is 6.09 Å². The first-order chi connectivity index (χ1) is 17.9. The van der Waals surface area contributed by atoms with E-state index >= 15 is 0 Å². The third kappa shape index (κ3) is 3.97. The second-order valence-electron chi connectivity index (χ2n) is 11.8. The quantitative estimate of drug-likeness (QED) is 0.374. The molecule has 2 atom stereocenters. The Kier molecular flexibility index (Phi) is 5.93. The summed E-state index contributed by atoms with van der Waals surface area (Å²) in [6.45, 7) is 11.4. The lowest BCUT2D eigenvalue weighted by molar-refractivity contribution is -0.125. The van der Waals surface area contributed by atoms with Crippen LogP contribution in [0.25, 0.3) is 0 Å². The van der Waals surface area contributed by atoms with Gasteiger partial charge in [-0.05, 0) is 56.5 Å². The number of anilines is 2. The number of imide groups is 1. The second kappa shape index (κ2) is 8.79. The molecule has 2 aliphatic heterocycles. The molecule has 3 aromatic carbocycles. The van der Waals surface area contributed by atoms with Crippen molar-refractivity contribution in [1.29, 1.82) is 0 Å². The lowest BCUT2D eigenvalue weighted by Crippen LogP contribution is -2.58. The van der Waals surface area contributed by atoms with E-state index in [2.05, 4.69) is 0 Å². The van der Waals surface area contributed by atoms with Crippen LogP contribution in [0.15, 0.2) is 84.0 Å². The molecule has 6 nitrogen and oxygen atoms in total. The van der Waals surface area contributed by atoms with Gasteiger partial charge in [-0.3, -0.25) is 4.79 Å². The van der Waals surface area contributed by atoms with Gasteiger partial charge in [0.05, 0.1) is 17.1 Å². The number of hydrazone groups is 1. The predicted molar refractivity (Wildman–Crippen MR) is 147 cm³/mol. The number of rotatable bonds is 2. The van der Waals surface area contributed by atoms with Gasteiger partial charge in [0.25, 0.3) is 5.91 Å². The fraction of sp³-hybridized carbons (Fsp3) is 0.323. The summed E-state index contributed by atoms with van der Waals surface area (Å²) in [5.74, 6) is -1.39. The highest BCUT2D eigenvalue weighted by molar-refractivity contribution is 6.25. The lowest BCUT2D eigenvalue weighted by atomic mass is 9.63. The molecule has 3 aromatic rings. The van der Waals surface area contributed by atoms with E-state index in [-0.39, 0.29) is 0 Å². The fourth-order valence-corrected chi connectivity index (χ4v) is 5.66. The van der Waals surface area contributed by atoms with Crippen LogP contribution in [0, 0.1) is 17.2 Å². The summed E-state index contributed by atoms with van der Waals surface area (Å²) >= 11 is 0. The van der Waals surface area contributed by atoms with Gasteiger partial charge in [-0.15, -0.1) is 0 Å². The van der Waals surface area contributed by atoms with Gasteiger partial charge in [0.2, 0.25) is 0 Å². The summed E-state index contributed by atoms with van der Waals surface area (Å²) in [6, 6.07) is 23.0. The summed E-state index contributed by atoms with van der Waals surface area (Å²) in [6.07, 6.45) is -0.744. The van der Waals surface area contributed by atoms with Gasteiger partial charge in [0.1, 0.15) is 11.4 Å². The summed E-state index contributed by atoms with van der Waals surface area (Å²) < 4.78 is 20.2. The standard InChI is InChI=1S/C31H32FN3O3/c1-29(2,3)26-25(20-13-12-14-21(32)19-20)33-35(22-15-8-7-9-16-22)31(26)23-17-10-11-18-24(23)34(27(31)36)28(37)38-30(4,5)6/h7-19,26H,1-6H3/t26-,31+/m0/s1. The minimum atomic E-state index is -1.41. The van der Waals surface area contributed by atoms with Crippen LogP contribution in [0.1, 0.15) is 52.7 Å². The number of amides is 2. The Hall–Kier alpha value is -4.00. The molecule has 1 spiro atoms. The molecule has 0 unspecified atom stereocenters. The zero-order chi connectivity index (χ0) is 27.5. The molecule has 0 saturated carbocycles. The minimum Gasteiger partial charge on any atom is -0.443 e. The molecule has 0 radical (unpaired) electrons. The van der Waals surface area contributed by atoms with E-state index < -0.39 is 40.3 Å². The van der Waals surface area contributed by atoms with Crippen LogP contribution in [0.5, 0.6) is 0 Å². The minimum absolute atomic E-state index is 0.390. The van der Waals surface area contributed by atoms with E-state index in [1.54, 1.807) is 50.0 Å². The van der Waals surface area contributed by atoms with Crippen LogP contribution in [0.2, 0.25) is 0 Å². The van der Waals surface area contributed by atoms with Crippen LogP contribution < -0.4 is 9.91 Å². The van der Waals surface area contributed by atoms with E-state index in [0.29, 0.717) is 28.2 Å². The van der Waals surface area contributed by atoms with Crippen molar-refractivity contribution in [3.05, 3.63) is 95.8 Å². The number of ether oxygens (including phenoxy) is 1. The highest BCUT2D eigenvalue weighted by Crippen LogP contribution is 2.58. The molecule has 2 amide bonds. The third-order valence-electron chi connectivity index (χ3n) is 6.88. The van der Waals surface area contributed by atoms with Gasteiger partial charge in [0.15, 0.2) is 5.54 Å². The number of benzene rings is 3. The van der Waals surface area contributed by atoms with Gasteiger partial charge < -0.3 is 4.74 Å². The smallest absolute Gasteiger partial charge is 0.421 e. The van der Waals surface area contributed by atoms with E-state index in [1.165, 1.54) is 12.1 Å². The highest BCUT2D eigenvalue weighted by atomic mass is 19.1. The first-order valence-electron chi connectivity index (χ1n) is 12.7. The average Bonchev–Trinajstić information content (AvgIpc) is 3.33. The molecule has 0 N–H and O–H groups in total. The van der Waals surface area contributed by atoms with Gasteiger partial charge in [-0.25, -0.2) is 19.1 Å². The summed E-state index contributed by atoms with van der Waals surface area (Å²) in [7, 11) is 0. The van der Waals surface area contributed by atoms with Crippen molar-refractivity contribution in [2.45, 2.75) is 52.7 Å². The largest absolute Gasteiger partial charge is 0.443 e. The predicted octanol–water partition coefficient (Wildman–Crippen LogP) is 6.89. The zero-order valence-corrected chi connectivity index (χ0v) is 22.5. The molecule has 2 aliphatic rings. The van der Waals surface area contributed by atoms with Crippen LogP contribution in [0.4, 0.5) is 20.6 Å². The molecule has 2 heterocycles. The Balaban J connectivity index is 1.82. The summed E-state index contributed by atoms with van der Waals surface area (Å²) in [5, 5.41) is 6.77. The Morgan fingerprint density at radius 1 is 0.921 bits per heavy atom. The van der Waals surface area contributed by atoms with Crippen LogP contribution in [-0.2, 0) is 15.1 Å². The SMILES string of the molecule is CC(C)(C)OC(=O)N1C(=O)[C@@]2(c3ccccc31)[C@H](C(C)(C)C)C(c1cccc(F)c1)=NN2c1ccccc1. The maximum absolute atomic E-state index is 14.8. The first-order valence-corrected chi connectivity index (χ1v) is 12.7. The topological polar surface area (TPSA) is 62.2 Å². The normalized spacial score (nSPS) is 21.1. The van der Waals surface area contributed by atoms with Crippen molar-refractivity contribution in [2.24, 2.45) is 16.4 Å². The Morgan fingerprint density at radius 3 is 2.21 bits per heavy atom. The molecule has 0 aromatic heterocycles. The Labute approximate surface area is 222 Å². The third-order valence-corrected chi connectivity index (χ3v) is 6.88. The van der Waals surface area contributed by atoms with E-state index in [4.69, 9.17) is 9.84 Å². The summed E-state index contributed by atoms with van der Waals surface area (Å²) in [5.41, 5.74) is 0.216. The van der Waals surface area contributed by atoms with Crippen LogP contribution in [-0.4, -0.2) is 23.3 Å². The number of hydrogen-bond acceptors (Lipinski definition) is 5. The number of carbonyl (C=O) groups excluding carboxylic acids is 2. The molecular weight excluding hydrogens is 481 g/mol. The number of nitrogens with zero attached hydrogens (tertiary/aromatic N) is 3. The first kappa shape index (κ1) is 25.6. The molecule has 0 aliphatic carbocycles. The maximum Gasteiger partial charge on any atom is 0.421 e. The van der Waals surface area contributed by atoms with Gasteiger partial charge in [0, 0.05) is 17.0 Å². The van der Waals surface area contributed by atoms with Gasteiger partial charge in [-0.1, -0.05) is 69.3 Å². The fourth-order valence-electron chi connectivity index (χ4n) is 5.66. The number of para-hydroxylation sites is 2. The van der Waals surface area contributed by atoms with Crippen LogP contribution in [0.3, 0.4) is 0 Å². The number of hydrogen-bond donors (Lipinski definition) is 0. The zero-order valence-electron chi connectivity index (χ0n) is 22.5. The lowest BCUT2D eigenvalue weighted by Gasteiger charge is -2.43. The molecular formula is C31H32FN3O3. The molecule has 38 heavy (non-hydrogen) atoms. The number of halogens is 1. The molecule has 0 saturated heterocycles.